The van der Waals surface area contributed by atoms with E-state index >= 15 is 0 Å². The van der Waals surface area contributed by atoms with Crippen LogP contribution in [-0.4, -0.2) is 16.0 Å². The number of nitrogens with one attached hydrogen (secondary N) is 1. The van der Waals surface area contributed by atoms with Gasteiger partial charge in [-0.15, -0.1) is 0 Å². The summed E-state index contributed by atoms with van der Waals surface area (Å²) in [6.45, 7) is 0. The summed E-state index contributed by atoms with van der Waals surface area (Å²) in [6.07, 6.45) is 1.46. The third kappa shape index (κ3) is 2.55. The summed E-state index contributed by atoms with van der Waals surface area (Å²) in [7, 11) is 0. The van der Waals surface area contributed by atoms with Gasteiger partial charge in [-0.25, -0.2) is 4.98 Å². The minimum Gasteiger partial charge on any atom is -0.453 e. The fourth-order valence-electron chi connectivity index (χ4n) is 2.55. The Morgan fingerprint density at radius 2 is 1.87 bits per heavy atom. The molecule has 4 rings (SSSR count). The quantitative estimate of drug-likeness (QED) is 0.755. The summed E-state index contributed by atoms with van der Waals surface area (Å²) in [4.78, 5) is 12.0. The predicted molar refractivity (Wildman–Crippen MR) is 91.0 cm³/mol. The van der Waals surface area contributed by atoms with Crippen molar-refractivity contribution in [1.29, 1.82) is 0 Å². The lowest BCUT2D eigenvalue weighted by Crippen LogP contribution is -2.22. The number of nitrogens with zero attached hydrogens (tertiary/aromatic N) is 2. The molecule has 1 aliphatic heterocycles. The number of aromatic amines is 1. The van der Waals surface area contributed by atoms with Crippen molar-refractivity contribution >= 4 is 34.4 Å². The largest absolute Gasteiger partial charge is 0.453 e. The number of amidine groups is 1. The number of hydrogen-bond donors (Lipinski definition) is 2. The van der Waals surface area contributed by atoms with Gasteiger partial charge >= 0.3 is 0 Å². The molecule has 3 aromatic rings. The van der Waals surface area contributed by atoms with E-state index in [0.29, 0.717) is 16.5 Å². The SMILES string of the molecule is NC1=NC(c2nc3ccccc3[nH]2)=CC(c2ccccc2Cl)O1. The zero-order chi connectivity index (χ0) is 15.8. The first-order valence-corrected chi connectivity index (χ1v) is 7.51. The van der Waals surface area contributed by atoms with Crippen LogP contribution < -0.4 is 5.73 Å². The first kappa shape index (κ1) is 13.8. The van der Waals surface area contributed by atoms with Crippen LogP contribution in [-0.2, 0) is 4.74 Å². The van der Waals surface area contributed by atoms with Gasteiger partial charge in [0.1, 0.15) is 11.8 Å². The lowest BCUT2D eigenvalue weighted by Gasteiger charge is -2.20. The molecule has 0 aliphatic carbocycles. The zero-order valence-electron chi connectivity index (χ0n) is 12.0. The number of ether oxygens (including phenoxy) is 1. The van der Waals surface area contributed by atoms with E-state index in [4.69, 9.17) is 22.1 Å². The highest BCUT2D eigenvalue weighted by atomic mass is 35.5. The number of hydrogen-bond acceptors (Lipinski definition) is 4. The van der Waals surface area contributed by atoms with Crippen molar-refractivity contribution in [2.24, 2.45) is 10.7 Å². The Balaban J connectivity index is 1.78. The van der Waals surface area contributed by atoms with E-state index in [0.717, 1.165) is 16.6 Å². The molecule has 6 heteroatoms. The van der Waals surface area contributed by atoms with Gasteiger partial charge in [0.05, 0.1) is 11.0 Å². The van der Waals surface area contributed by atoms with Gasteiger partial charge in [-0.05, 0) is 24.3 Å². The number of para-hydroxylation sites is 2. The number of halogens is 1. The van der Waals surface area contributed by atoms with Crippen molar-refractivity contribution in [3.8, 4) is 0 Å². The van der Waals surface area contributed by atoms with Crippen molar-refractivity contribution in [3.63, 3.8) is 0 Å². The van der Waals surface area contributed by atoms with E-state index < -0.39 is 6.10 Å². The van der Waals surface area contributed by atoms with Gasteiger partial charge in [0, 0.05) is 10.6 Å². The number of rotatable bonds is 2. The Hall–Kier alpha value is -2.79. The van der Waals surface area contributed by atoms with Gasteiger partial charge in [0.25, 0.3) is 6.02 Å². The van der Waals surface area contributed by atoms with Crippen molar-refractivity contribution in [1.82, 2.24) is 9.97 Å². The Morgan fingerprint density at radius 3 is 2.70 bits per heavy atom. The molecule has 23 heavy (non-hydrogen) atoms. The van der Waals surface area contributed by atoms with Crippen LogP contribution in [0.5, 0.6) is 0 Å². The Labute approximate surface area is 137 Å². The van der Waals surface area contributed by atoms with E-state index in [-0.39, 0.29) is 6.02 Å². The molecule has 0 saturated heterocycles. The van der Waals surface area contributed by atoms with Crippen LogP contribution >= 0.6 is 11.6 Å². The smallest absolute Gasteiger partial charge is 0.288 e. The lowest BCUT2D eigenvalue weighted by atomic mass is 10.1. The number of fused-ring (bicyclic) bond motifs is 1. The van der Waals surface area contributed by atoms with Crippen LogP contribution in [0.4, 0.5) is 0 Å². The summed E-state index contributed by atoms with van der Waals surface area (Å²) in [5, 5.41) is 0.618. The fourth-order valence-corrected chi connectivity index (χ4v) is 2.80. The number of benzene rings is 2. The second-order valence-electron chi connectivity index (χ2n) is 5.16. The van der Waals surface area contributed by atoms with Gasteiger partial charge in [-0.3, -0.25) is 0 Å². The third-order valence-corrected chi connectivity index (χ3v) is 3.98. The molecule has 3 N–H and O–H groups in total. The summed E-state index contributed by atoms with van der Waals surface area (Å²) in [6, 6.07) is 15.4. The average molecular weight is 325 g/mol. The number of imidazole rings is 1. The molecular formula is C17H13ClN4O. The summed E-state index contributed by atoms with van der Waals surface area (Å²) < 4.78 is 5.60. The third-order valence-electron chi connectivity index (χ3n) is 3.63. The second kappa shape index (κ2) is 5.44. The highest BCUT2D eigenvalue weighted by Crippen LogP contribution is 2.32. The van der Waals surface area contributed by atoms with E-state index in [9.17, 15) is 0 Å². The normalized spacial score (nSPS) is 17.5. The number of aliphatic imine (C=N–C) groups is 1. The molecule has 2 heterocycles. The molecule has 1 unspecified atom stereocenters. The molecule has 2 aromatic carbocycles. The van der Waals surface area contributed by atoms with E-state index in [1.54, 1.807) is 0 Å². The van der Waals surface area contributed by atoms with Crippen LogP contribution in [0.15, 0.2) is 59.6 Å². The van der Waals surface area contributed by atoms with E-state index in [1.165, 1.54) is 0 Å². The first-order chi connectivity index (χ1) is 11.2. The van der Waals surface area contributed by atoms with Crippen molar-refractivity contribution in [2.75, 3.05) is 0 Å². The maximum atomic E-state index is 6.25. The minimum atomic E-state index is -0.399. The summed E-state index contributed by atoms with van der Waals surface area (Å²) >= 11 is 6.25. The molecule has 5 nitrogen and oxygen atoms in total. The Bertz CT molecular complexity index is 911. The molecule has 0 bridgehead atoms. The molecular weight excluding hydrogens is 312 g/mol. The minimum absolute atomic E-state index is 0.0906. The molecule has 0 amide bonds. The molecule has 1 aromatic heterocycles. The maximum Gasteiger partial charge on any atom is 0.288 e. The molecule has 0 radical (unpaired) electrons. The van der Waals surface area contributed by atoms with Gasteiger partial charge in [-0.2, -0.15) is 4.99 Å². The van der Waals surface area contributed by atoms with Gasteiger partial charge < -0.3 is 15.5 Å². The van der Waals surface area contributed by atoms with Gasteiger partial charge in [0.2, 0.25) is 0 Å². The lowest BCUT2D eigenvalue weighted by molar-refractivity contribution is 0.233. The molecule has 0 spiro atoms. The summed E-state index contributed by atoms with van der Waals surface area (Å²) in [5.41, 5.74) is 9.12. The average Bonchev–Trinajstić information content (AvgIpc) is 2.99. The maximum absolute atomic E-state index is 6.25. The predicted octanol–water partition coefficient (Wildman–Crippen LogP) is 3.64. The van der Waals surface area contributed by atoms with Crippen LogP contribution in [0.3, 0.4) is 0 Å². The molecule has 114 valence electrons. The standard InChI is InChI=1S/C17H13ClN4O/c18-11-6-2-1-5-10(11)15-9-14(22-17(19)23-15)16-20-12-7-3-4-8-13(12)21-16/h1-9,15H,(H2,19,22)(H,20,21). The van der Waals surface area contributed by atoms with Gasteiger partial charge in [-0.1, -0.05) is 41.9 Å². The molecule has 0 saturated carbocycles. The molecule has 0 fully saturated rings. The van der Waals surface area contributed by atoms with Crippen LogP contribution in [0.1, 0.15) is 17.5 Å². The van der Waals surface area contributed by atoms with Crippen molar-refractivity contribution in [3.05, 3.63) is 71.0 Å². The fraction of sp³-hybridized carbons (Fsp3) is 0.0588. The van der Waals surface area contributed by atoms with Gasteiger partial charge in [0.15, 0.2) is 5.82 Å². The van der Waals surface area contributed by atoms with Crippen LogP contribution in [0.25, 0.3) is 16.7 Å². The Kier molecular flexibility index (Phi) is 3.28. The monoisotopic (exact) mass is 324 g/mol. The number of nitrogens with two attached hydrogens (primary N) is 1. The van der Waals surface area contributed by atoms with Crippen LogP contribution in [0, 0.1) is 0 Å². The summed E-state index contributed by atoms with van der Waals surface area (Å²) in [5.74, 6) is 0.648. The highest BCUT2D eigenvalue weighted by Gasteiger charge is 2.22. The number of aromatic nitrogens is 2. The van der Waals surface area contributed by atoms with Crippen LogP contribution in [0.2, 0.25) is 5.02 Å². The first-order valence-electron chi connectivity index (χ1n) is 7.13. The molecule has 1 aliphatic rings. The highest BCUT2D eigenvalue weighted by molar-refractivity contribution is 6.31. The molecule has 1 atom stereocenters. The zero-order valence-corrected chi connectivity index (χ0v) is 12.8. The second-order valence-corrected chi connectivity index (χ2v) is 5.57. The number of H-pyrrole nitrogens is 1. The van der Waals surface area contributed by atoms with E-state index in [1.807, 2.05) is 54.6 Å². The topological polar surface area (TPSA) is 76.3 Å². The Morgan fingerprint density at radius 1 is 1.09 bits per heavy atom. The van der Waals surface area contributed by atoms with E-state index in [2.05, 4.69) is 15.0 Å². The van der Waals surface area contributed by atoms with Crippen molar-refractivity contribution < 1.29 is 4.74 Å². The van der Waals surface area contributed by atoms with Crippen molar-refractivity contribution in [2.45, 2.75) is 6.10 Å².